The molecule has 1 N–H and O–H groups in total. The van der Waals surface area contributed by atoms with E-state index in [2.05, 4.69) is 15.4 Å². The zero-order valence-electron chi connectivity index (χ0n) is 20.5. The molecule has 0 aliphatic heterocycles. The quantitative estimate of drug-likeness (QED) is 0.434. The molecule has 2 aromatic heterocycles. The summed E-state index contributed by atoms with van der Waals surface area (Å²) in [5.41, 5.74) is 1.14. The number of hydrogen-bond donors (Lipinski definition) is 1. The maximum Gasteiger partial charge on any atom is 0.408 e. The van der Waals surface area contributed by atoms with Crippen LogP contribution in [0.4, 0.5) is 4.79 Å². The van der Waals surface area contributed by atoms with Crippen LogP contribution in [0.25, 0.3) is 11.1 Å². The Morgan fingerprint density at radius 2 is 1.82 bits per heavy atom. The number of thiazole rings is 1. The lowest BCUT2D eigenvalue weighted by Crippen LogP contribution is -2.32. The molecular formula is C24H30N4O4S2. The maximum absolute atomic E-state index is 12.5. The second-order valence-electron chi connectivity index (χ2n) is 9.63. The highest BCUT2D eigenvalue weighted by molar-refractivity contribution is 8.01. The minimum absolute atomic E-state index is 0.285. The fraction of sp³-hybridized carbons (Fsp3) is 0.417. The average molecular weight is 503 g/mol. The molecule has 2 heterocycles. The molecular weight excluding hydrogens is 472 g/mol. The van der Waals surface area contributed by atoms with Gasteiger partial charge in [0.2, 0.25) is 0 Å². The molecule has 0 atom stereocenters. The van der Waals surface area contributed by atoms with E-state index in [0.717, 1.165) is 25.4 Å². The molecule has 0 fully saturated rings. The van der Waals surface area contributed by atoms with Crippen molar-refractivity contribution in [2.75, 3.05) is 0 Å². The van der Waals surface area contributed by atoms with Crippen molar-refractivity contribution in [2.24, 2.45) is 7.05 Å². The number of carbonyl (C=O) groups excluding carboxylic acids is 2. The lowest BCUT2D eigenvalue weighted by atomic mass is 10.1. The van der Waals surface area contributed by atoms with Crippen LogP contribution in [0, 0.1) is 0 Å². The Labute approximate surface area is 208 Å². The number of rotatable bonds is 6. The van der Waals surface area contributed by atoms with Crippen molar-refractivity contribution in [3.8, 4) is 11.1 Å². The van der Waals surface area contributed by atoms with Gasteiger partial charge in [0.15, 0.2) is 0 Å². The number of hydrogen-bond acceptors (Lipinski definition) is 8. The van der Waals surface area contributed by atoms with Crippen molar-refractivity contribution < 1.29 is 19.1 Å². The molecule has 0 saturated carbocycles. The van der Waals surface area contributed by atoms with Crippen LogP contribution < -0.4 is 5.32 Å². The molecule has 10 heteroatoms. The Bertz CT molecular complexity index is 1170. The van der Waals surface area contributed by atoms with Gasteiger partial charge in [-0.05, 0) is 59.2 Å². The zero-order chi connectivity index (χ0) is 25.1. The molecule has 3 aromatic rings. The number of ether oxygens (including phenoxy) is 2. The van der Waals surface area contributed by atoms with Gasteiger partial charge in [-0.1, -0.05) is 23.9 Å². The van der Waals surface area contributed by atoms with Crippen molar-refractivity contribution in [1.29, 1.82) is 0 Å². The molecule has 182 valence electrons. The van der Waals surface area contributed by atoms with E-state index < -0.39 is 17.3 Å². The summed E-state index contributed by atoms with van der Waals surface area (Å²) >= 11 is 2.96. The summed E-state index contributed by atoms with van der Waals surface area (Å²) in [7, 11) is 1.86. The standard InChI is InChI=1S/C24H30N4O4S2/c1-23(2,3)31-21(29)16-10-8-9-15(11-16)17-14-28(7)27-20(17)34-19-13-25-18(33-19)12-26-22(30)32-24(4,5)6/h8-11,13-14H,12H2,1-7H3,(H,26,30). The number of nitrogens with zero attached hydrogens (tertiary/aromatic N) is 3. The molecule has 0 saturated heterocycles. The van der Waals surface area contributed by atoms with Gasteiger partial charge in [-0.3, -0.25) is 4.68 Å². The van der Waals surface area contributed by atoms with E-state index in [9.17, 15) is 9.59 Å². The minimum Gasteiger partial charge on any atom is -0.456 e. The summed E-state index contributed by atoms with van der Waals surface area (Å²) in [6.07, 6.45) is 3.20. The number of alkyl carbamates (subject to hydrolysis) is 1. The lowest BCUT2D eigenvalue weighted by Gasteiger charge is -2.19. The van der Waals surface area contributed by atoms with Gasteiger partial charge in [-0.2, -0.15) is 5.10 Å². The molecule has 0 aliphatic carbocycles. The molecule has 1 amide bonds. The maximum atomic E-state index is 12.5. The van der Waals surface area contributed by atoms with E-state index in [1.54, 1.807) is 16.9 Å². The predicted molar refractivity (Wildman–Crippen MR) is 133 cm³/mol. The summed E-state index contributed by atoms with van der Waals surface area (Å²) in [4.78, 5) is 28.8. The van der Waals surface area contributed by atoms with Crippen molar-refractivity contribution in [2.45, 2.75) is 68.5 Å². The number of nitrogens with one attached hydrogen (secondary N) is 1. The molecule has 1 aromatic carbocycles. The number of esters is 1. The minimum atomic E-state index is -0.565. The summed E-state index contributed by atoms with van der Waals surface area (Å²) < 4.78 is 13.4. The van der Waals surface area contributed by atoms with Crippen molar-refractivity contribution >= 4 is 35.2 Å². The van der Waals surface area contributed by atoms with Crippen LogP contribution in [0.5, 0.6) is 0 Å². The van der Waals surface area contributed by atoms with E-state index in [4.69, 9.17) is 9.47 Å². The first-order chi connectivity index (χ1) is 15.8. The van der Waals surface area contributed by atoms with Crippen LogP contribution in [0.2, 0.25) is 0 Å². The van der Waals surface area contributed by atoms with Crippen LogP contribution in [0.15, 0.2) is 45.9 Å². The monoisotopic (exact) mass is 502 g/mol. The van der Waals surface area contributed by atoms with E-state index in [-0.39, 0.29) is 12.5 Å². The van der Waals surface area contributed by atoms with Gasteiger partial charge in [0, 0.05) is 18.8 Å². The first kappa shape index (κ1) is 25.8. The van der Waals surface area contributed by atoms with Crippen LogP contribution in [-0.2, 0) is 23.1 Å². The van der Waals surface area contributed by atoms with E-state index >= 15 is 0 Å². The third-order valence-corrected chi connectivity index (χ3v) is 6.21. The first-order valence-electron chi connectivity index (χ1n) is 10.8. The molecule has 3 rings (SSSR count). The van der Waals surface area contributed by atoms with E-state index in [1.165, 1.54) is 23.1 Å². The number of amides is 1. The molecule has 0 unspecified atom stereocenters. The second kappa shape index (κ2) is 10.2. The fourth-order valence-electron chi connectivity index (χ4n) is 2.87. The van der Waals surface area contributed by atoms with Crippen LogP contribution >= 0.6 is 23.1 Å². The largest absolute Gasteiger partial charge is 0.456 e. The third-order valence-electron chi connectivity index (χ3n) is 4.12. The van der Waals surface area contributed by atoms with Gasteiger partial charge in [-0.15, -0.1) is 11.3 Å². The second-order valence-corrected chi connectivity index (χ2v) is 12.0. The number of carbonyl (C=O) groups is 2. The summed E-state index contributed by atoms with van der Waals surface area (Å²) in [6, 6.07) is 7.34. The normalized spacial score (nSPS) is 11.9. The molecule has 8 nitrogen and oxygen atoms in total. The Morgan fingerprint density at radius 3 is 2.50 bits per heavy atom. The van der Waals surface area contributed by atoms with Crippen molar-refractivity contribution in [1.82, 2.24) is 20.1 Å². The van der Waals surface area contributed by atoms with Crippen molar-refractivity contribution in [3.05, 3.63) is 47.2 Å². The molecule has 0 spiro atoms. The Kier molecular flexibility index (Phi) is 7.72. The zero-order valence-corrected chi connectivity index (χ0v) is 22.1. The Balaban J connectivity index is 1.73. The molecule has 0 bridgehead atoms. The van der Waals surface area contributed by atoms with Gasteiger partial charge in [-0.25, -0.2) is 14.6 Å². The van der Waals surface area contributed by atoms with Gasteiger partial charge < -0.3 is 14.8 Å². The predicted octanol–water partition coefficient (Wildman–Crippen LogP) is 5.67. The molecule has 0 radical (unpaired) electrons. The van der Waals surface area contributed by atoms with Gasteiger partial charge in [0.05, 0.1) is 22.5 Å². The Morgan fingerprint density at radius 1 is 1.12 bits per heavy atom. The van der Waals surface area contributed by atoms with E-state index in [0.29, 0.717) is 5.56 Å². The number of benzene rings is 1. The van der Waals surface area contributed by atoms with Gasteiger partial charge in [0.25, 0.3) is 0 Å². The van der Waals surface area contributed by atoms with Crippen molar-refractivity contribution in [3.63, 3.8) is 0 Å². The van der Waals surface area contributed by atoms with Gasteiger partial charge >= 0.3 is 12.1 Å². The molecule has 0 aliphatic rings. The average Bonchev–Trinajstić information content (AvgIpc) is 3.30. The number of aryl methyl sites for hydroxylation is 1. The summed E-state index contributed by atoms with van der Waals surface area (Å²) in [5.74, 6) is -0.364. The fourth-order valence-corrected chi connectivity index (χ4v) is 4.90. The topological polar surface area (TPSA) is 95.3 Å². The van der Waals surface area contributed by atoms with Gasteiger partial charge in [0.1, 0.15) is 21.2 Å². The smallest absolute Gasteiger partial charge is 0.408 e. The highest BCUT2D eigenvalue weighted by Gasteiger charge is 2.20. The number of aromatic nitrogens is 3. The van der Waals surface area contributed by atoms with Crippen LogP contribution in [0.3, 0.4) is 0 Å². The molecule has 34 heavy (non-hydrogen) atoms. The SMILES string of the molecule is Cn1cc(-c2cccc(C(=O)OC(C)(C)C)c2)c(Sc2cnc(CNC(=O)OC(C)(C)C)s2)n1. The highest BCUT2D eigenvalue weighted by Crippen LogP contribution is 2.37. The third kappa shape index (κ3) is 7.59. The highest BCUT2D eigenvalue weighted by atomic mass is 32.2. The lowest BCUT2D eigenvalue weighted by molar-refractivity contribution is 0.00692. The summed E-state index contributed by atoms with van der Waals surface area (Å²) in [6.45, 7) is 11.3. The Hall–Kier alpha value is -2.85. The van der Waals surface area contributed by atoms with Crippen LogP contribution in [0.1, 0.15) is 56.9 Å². The van der Waals surface area contributed by atoms with Crippen LogP contribution in [-0.4, -0.2) is 38.0 Å². The van der Waals surface area contributed by atoms with E-state index in [1.807, 2.05) is 73.0 Å². The first-order valence-corrected chi connectivity index (χ1v) is 12.4. The summed E-state index contributed by atoms with van der Waals surface area (Å²) in [5, 5.41) is 8.87.